The van der Waals surface area contributed by atoms with Crippen LogP contribution in [-0.2, 0) is 17.9 Å². The summed E-state index contributed by atoms with van der Waals surface area (Å²) in [7, 11) is 0. The van der Waals surface area contributed by atoms with Crippen molar-refractivity contribution in [3.63, 3.8) is 0 Å². The van der Waals surface area contributed by atoms with Crippen LogP contribution in [0.5, 0.6) is 0 Å². The lowest BCUT2D eigenvalue weighted by atomic mass is 10.2. The van der Waals surface area contributed by atoms with Crippen LogP contribution in [0.1, 0.15) is 11.3 Å². The fourth-order valence-electron chi connectivity index (χ4n) is 3.09. The average Bonchev–Trinajstić information content (AvgIpc) is 2.65. The predicted octanol–water partition coefficient (Wildman–Crippen LogP) is 1.78. The molecule has 1 saturated heterocycles. The molecule has 25 heavy (non-hydrogen) atoms. The minimum Gasteiger partial charge on any atom is -0.389 e. The third-order valence-corrected chi connectivity index (χ3v) is 4.47. The number of aromatic nitrogens is 1. The Kier molecular flexibility index (Phi) is 6.94. The van der Waals surface area contributed by atoms with Crippen LogP contribution < -0.4 is 0 Å². The molecule has 1 aliphatic heterocycles. The second-order valence-electron chi connectivity index (χ2n) is 6.55. The molecule has 0 saturated carbocycles. The molecule has 1 aliphatic rings. The molecule has 1 aromatic carbocycles. The molecular formula is C20H27N3O2. The molecule has 134 valence electrons. The van der Waals surface area contributed by atoms with Crippen molar-refractivity contribution < 1.29 is 9.84 Å². The number of hydrogen-bond donors (Lipinski definition) is 1. The Bertz CT molecular complexity index is 601. The number of aliphatic hydroxyl groups excluding tert-OH is 1. The minimum atomic E-state index is -0.439. The van der Waals surface area contributed by atoms with E-state index < -0.39 is 6.10 Å². The Morgan fingerprint density at radius 2 is 1.68 bits per heavy atom. The number of rotatable bonds is 8. The topological polar surface area (TPSA) is 48.8 Å². The normalized spacial score (nSPS) is 17.5. The highest BCUT2D eigenvalue weighted by Crippen LogP contribution is 2.08. The Balaban J connectivity index is 1.31. The van der Waals surface area contributed by atoms with Crippen molar-refractivity contribution in [2.45, 2.75) is 19.3 Å². The van der Waals surface area contributed by atoms with Crippen LogP contribution in [0.4, 0.5) is 0 Å². The highest BCUT2D eigenvalue weighted by molar-refractivity contribution is 5.13. The molecule has 1 atom stereocenters. The summed E-state index contributed by atoms with van der Waals surface area (Å²) in [4.78, 5) is 9.11. The highest BCUT2D eigenvalue weighted by Gasteiger charge is 2.19. The third-order valence-electron chi connectivity index (χ3n) is 4.47. The maximum absolute atomic E-state index is 10.2. The van der Waals surface area contributed by atoms with Gasteiger partial charge < -0.3 is 9.84 Å². The van der Waals surface area contributed by atoms with Gasteiger partial charge in [-0.2, -0.15) is 0 Å². The molecule has 3 rings (SSSR count). The molecule has 1 unspecified atom stereocenters. The molecule has 5 nitrogen and oxygen atoms in total. The number of pyridine rings is 1. The lowest BCUT2D eigenvalue weighted by Crippen LogP contribution is -2.48. The van der Waals surface area contributed by atoms with Gasteiger partial charge in [-0.05, 0) is 17.7 Å². The number of benzene rings is 1. The zero-order valence-electron chi connectivity index (χ0n) is 14.6. The Morgan fingerprint density at radius 3 is 2.40 bits per heavy atom. The second kappa shape index (κ2) is 9.63. The van der Waals surface area contributed by atoms with E-state index in [1.165, 1.54) is 0 Å². The standard InChI is InChI=1S/C20H27N3O2/c24-20(17-25-16-18-6-2-1-3-7-18)15-23-12-10-22(11-13-23)14-19-8-4-5-9-21-19/h1-9,20,24H,10-17H2. The van der Waals surface area contributed by atoms with Crippen LogP contribution in [-0.4, -0.2) is 65.3 Å². The van der Waals surface area contributed by atoms with E-state index in [4.69, 9.17) is 4.74 Å². The minimum absolute atomic E-state index is 0.378. The number of piperazine rings is 1. The van der Waals surface area contributed by atoms with Gasteiger partial charge in [-0.3, -0.25) is 14.8 Å². The zero-order valence-corrected chi connectivity index (χ0v) is 14.6. The molecule has 0 bridgehead atoms. The smallest absolute Gasteiger partial charge is 0.0900 e. The van der Waals surface area contributed by atoms with Gasteiger partial charge in [0.1, 0.15) is 0 Å². The van der Waals surface area contributed by atoms with Crippen molar-refractivity contribution in [3.05, 3.63) is 66.0 Å². The van der Waals surface area contributed by atoms with Gasteiger partial charge in [-0.1, -0.05) is 36.4 Å². The molecule has 1 aromatic heterocycles. The molecule has 2 aromatic rings. The van der Waals surface area contributed by atoms with Gasteiger partial charge >= 0.3 is 0 Å². The first-order valence-corrected chi connectivity index (χ1v) is 8.94. The fourth-order valence-corrected chi connectivity index (χ4v) is 3.09. The van der Waals surface area contributed by atoms with Crippen molar-refractivity contribution in [2.75, 3.05) is 39.3 Å². The zero-order chi connectivity index (χ0) is 17.3. The number of ether oxygens (including phenoxy) is 1. The van der Waals surface area contributed by atoms with Crippen LogP contribution in [0.15, 0.2) is 54.7 Å². The van der Waals surface area contributed by atoms with Crippen LogP contribution >= 0.6 is 0 Å². The van der Waals surface area contributed by atoms with Crippen molar-refractivity contribution in [3.8, 4) is 0 Å². The van der Waals surface area contributed by atoms with E-state index in [9.17, 15) is 5.11 Å². The molecule has 2 heterocycles. The summed E-state index contributed by atoms with van der Waals surface area (Å²) < 4.78 is 5.63. The molecule has 5 heteroatoms. The number of hydrogen-bond acceptors (Lipinski definition) is 5. The van der Waals surface area contributed by atoms with Gasteiger partial charge in [0.15, 0.2) is 0 Å². The van der Waals surface area contributed by atoms with E-state index in [2.05, 4.69) is 20.9 Å². The first-order valence-electron chi connectivity index (χ1n) is 8.94. The molecule has 0 spiro atoms. The highest BCUT2D eigenvalue weighted by atomic mass is 16.5. The van der Waals surface area contributed by atoms with Gasteiger partial charge in [-0.25, -0.2) is 0 Å². The van der Waals surface area contributed by atoms with Crippen LogP contribution in [0, 0.1) is 0 Å². The van der Waals surface area contributed by atoms with Crippen LogP contribution in [0.2, 0.25) is 0 Å². The average molecular weight is 341 g/mol. The summed E-state index contributed by atoms with van der Waals surface area (Å²) >= 11 is 0. The molecular weight excluding hydrogens is 314 g/mol. The lowest BCUT2D eigenvalue weighted by molar-refractivity contribution is 0.000802. The van der Waals surface area contributed by atoms with E-state index in [0.29, 0.717) is 19.8 Å². The first kappa shape index (κ1) is 18.0. The van der Waals surface area contributed by atoms with Gasteiger partial charge in [0.05, 0.1) is 25.0 Å². The van der Waals surface area contributed by atoms with E-state index in [-0.39, 0.29) is 0 Å². The molecule has 0 radical (unpaired) electrons. The summed E-state index contributed by atoms with van der Waals surface area (Å²) in [5, 5.41) is 10.2. The maximum atomic E-state index is 10.2. The van der Waals surface area contributed by atoms with E-state index in [0.717, 1.165) is 44.0 Å². The lowest BCUT2D eigenvalue weighted by Gasteiger charge is -2.35. The fraction of sp³-hybridized carbons (Fsp3) is 0.450. The predicted molar refractivity (Wildman–Crippen MR) is 98.1 cm³/mol. The second-order valence-corrected chi connectivity index (χ2v) is 6.55. The summed E-state index contributed by atoms with van der Waals surface area (Å²) in [6, 6.07) is 16.1. The van der Waals surface area contributed by atoms with Crippen molar-refractivity contribution in [1.29, 1.82) is 0 Å². The Labute approximate surface area is 149 Å². The van der Waals surface area contributed by atoms with Crippen LogP contribution in [0.3, 0.4) is 0 Å². The van der Waals surface area contributed by atoms with Gasteiger partial charge in [0, 0.05) is 45.5 Å². The number of nitrogens with zero attached hydrogens (tertiary/aromatic N) is 3. The van der Waals surface area contributed by atoms with Crippen molar-refractivity contribution in [2.24, 2.45) is 0 Å². The van der Waals surface area contributed by atoms with Crippen LogP contribution in [0.25, 0.3) is 0 Å². The van der Waals surface area contributed by atoms with Gasteiger partial charge in [0.25, 0.3) is 0 Å². The van der Waals surface area contributed by atoms with Gasteiger partial charge in [0.2, 0.25) is 0 Å². The SMILES string of the molecule is OC(COCc1ccccc1)CN1CCN(Cc2ccccn2)CC1. The third kappa shape index (κ3) is 6.21. The first-order chi connectivity index (χ1) is 12.3. The Morgan fingerprint density at radius 1 is 0.960 bits per heavy atom. The molecule has 0 amide bonds. The Hall–Kier alpha value is -1.79. The van der Waals surface area contributed by atoms with Crippen molar-refractivity contribution >= 4 is 0 Å². The van der Waals surface area contributed by atoms with Gasteiger partial charge in [-0.15, -0.1) is 0 Å². The summed E-state index contributed by atoms with van der Waals surface area (Å²) in [5.74, 6) is 0. The van der Waals surface area contributed by atoms with Crippen molar-refractivity contribution in [1.82, 2.24) is 14.8 Å². The summed E-state index contributed by atoms with van der Waals surface area (Å²) in [5.41, 5.74) is 2.25. The van der Waals surface area contributed by atoms with E-state index in [1.54, 1.807) is 0 Å². The summed E-state index contributed by atoms with van der Waals surface area (Å²) in [6.07, 6.45) is 1.41. The quantitative estimate of drug-likeness (QED) is 0.793. The van der Waals surface area contributed by atoms with E-state index in [1.807, 2.05) is 48.7 Å². The monoisotopic (exact) mass is 341 g/mol. The number of aliphatic hydroxyl groups is 1. The van der Waals surface area contributed by atoms with E-state index >= 15 is 0 Å². The maximum Gasteiger partial charge on any atom is 0.0900 e. The summed E-state index contributed by atoms with van der Waals surface area (Å²) in [6.45, 7) is 6.47. The molecule has 1 fully saturated rings. The molecule has 1 N–H and O–H groups in total. The number of β-amino-alcohol motifs (C(OH)–C–C–N with tert-alkyl or cyclic N) is 1. The molecule has 0 aliphatic carbocycles. The largest absolute Gasteiger partial charge is 0.389 e.